The molecule has 1 N–H and O–H groups in total. The Bertz CT molecular complexity index is 768. The minimum atomic E-state index is -4.15. The molecule has 2 aromatic rings. The van der Waals surface area contributed by atoms with E-state index in [4.69, 9.17) is 11.6 Å². The minimum absolute atomic E-state index is 0.0470. The molecule has 0 aliphatic rings. The highest BCUT2D eigenvalue weighted by Crippen LogP contribution is 2.24. The molecule has 106 valence electrons. The molecule has 2 aromatic carbocycles. The van der Waals surface area contributed by atoms with Gasteiger partial charge in [-0.2, -0.15) is 0 Å². The number of anilines is 1. The van der Waals surface area contributed by atoms with Crippen LogP contribution >= 0.6 is 27.5 Å². The summed E-state index contributed by atoms with van der Waals surface area (Å²) >= 11 is 8.52. The van der Waals surface area contributed by atoms with Gasteiger partial charge < -0.3 is 0 Å². The van der Waals surface area contributed by atoms with Gasteiger partial charge in [0.25, 0.3) is 10.0 Å². The first kappa shape index (κ1) is 15.2. The number of hydrogen-bond acceptors (Lipinski definition) is 2. The van der Waals surface area contributed by atoms with E-state index in [1.165, 1.54) is 18.2 Å². The summed E-state index contributed by atoms with van der Waals surface area (Å²) in [5, 5.41) is -0.136. The maximum absolute atomic E-state index is 13.6. The standard InChI is InChI=1S/C12H7BrClF2NO2S/c13-7-1-4-12(11(16)5-7)20(18,19)17-8-2-3-9(14)10(15)6-8/h1-6,17H. The van der Waals surface area contributed by atoms with E-state index >= 15 is 0 Å². The molecule has 0 saturated heterocycles. The first-order valence-electron chi connectivity index (χ1n) is 5.22. The lowest BCUT2D eigenvalue weighted by atomic mass is 10.3. The first-order valence-corrected chi connectivity index (χ1v) is 7.88. The summed E-state index contributed by atoms with van der Waals surface area (Å²) < 4.78 is 53.4. The molecule has 0 aliphatic heterocycles. The topological polar surface area (TPSA) is 46.2 Å². The van der Waals surface area contributed by atoms with E-state index in [0.29, 0.717) is 4.47 Å². The van der Waals surface area contributed by atoms with Gasteiger partial charge in [0.2, 0.25) is 0 Å². The van der Waals surface area contributed by atoms with Crippen LogP contribution in [0.2, 0.25) is 5.02 Å². The molecule has 0 bridgehead atoms. The van der Waals surface area contributed by atoms with E-state index < -0.39 is 26.6 Å². The van der Waals surface area contributed by atoms with Gasteiger partial charge in [-0.1, -0.05) is 27.5 Å². The van der Waals surface area contributed by atoms with Crippen LogP contribution in [0, 0.1) is 11.6 Å². The summed E-state index contributed by atoms with van der Waals surface area (Å²) in [7, 11) is -4.15. The third-order valence-corrected chi connectivity index (χ3v) is 4.57. The molecule has 2 rings (SSSR count). The van der Waals surface area contributed by atoms with Crippen molar-refractivity contribution < 1.29 is 17.2 Å². The Kier molecular flexibility index (Phi) is 4.31. The highest BCUT2D eigenvalue weighted by atomic mass is 79.9. The predicted molar refractivity (Wildman–Crippen MR) is 76.3 cm³/mol. The highest BCUT2D eigenvalue weighted by Gasteiger charge is 2.19. The number of rotatable bonds is 3. The normalized spacial score (nSPS) is 11.4. The zero-order chi connectivity index (χ0) is 14.9. The maximum Gasteiger partial charge on any atom is 0.264 e. The van der Waals surface area contributed by atoms with Crippen molar-refractivity contribution in [1.82, 2.24) is 0 Å². The number of halogens is 4. The summed E-state index contributed by atoms with van der Waals surface area (Å²) in [6.07, 6.45) is 0. The van der Waals surface area contributed by atoms with Crippen LogP contribution in [0.4, 0.5) is 14.5 Å². The monoisotopic (exact) mass is 381 g/mol. The average molecular weight is 383 g/mol. The second kappa shape index (κ2) is 5.67. The van der Waals surface area contributed by atoms with Crippen molar-refractivity contribution in [3.05, 3.63) is 57.5 Å². The molecule has 0 fully saturated rings. The van der Waals surface area contributed by atoms with Crippen molar-refractivity contribution in [2.24, 2.45) is 0 Å². The average Bonchev–Trinajstić information content (AvgIpc) is 2.33. The second-order valence-electron chi connectivity index (χ2n) is 3.81. The van der Waals surface area contributed by atoms with Gasteiger partial charge in [-0.05, 0) is 36.4 Å². The summed E-state index contributed by atoms with van der Waals surface area (Å²) in [5.41, 5.74) is -0.0470. The Balaban J connectivity index is 2.38. The number of sulfonamides is 1. The fourth-order valence-electron chi connectivity index (χ4n) is 1.46. The molecular weight excluding hydrogens is 376 g/mol. The van der Waals surface area contributed by atoms with Gasteiger partial charge in [0, 0.05) is 4.47 Å². The lowest BCUT2D eigenvalue weighted by molar-refractivity contribution is 0.570. The zero-order valence-electron chi connectivity index (χ0n) is 9.70. The van der Waals surface area contributed by atoms with Crippen LogP contribution in [0.5, 0.6) is 0 Å². The van der Waals surface area contributed by atoms with Gasteiger partial charge in [-0.15, -0.1) is 0 Å². The van der Waals surface area contributed by atoms with E-state index in [-0.39, 0.29) is 10.7 Å². The molecule has 0 aromatic heterocycles. The number of nitrogens with one attached hydrogen (secondary N) is 1. The van der Waals surface area contributed by atoms with Crippen LogP contribution in [-0.4, -0.2) is 8.42 Å². The maximum atomic E-state index is 13.6. The smallest absolute Gasteiger partial charge is 0.264 e. The molecule has 0 aliphatic carbocycles. The van der Waals surface area contributed by atoms with E-state index in [1.807, 2.05) is 0 Å². The fraction of sp³-hybridized carbons (Fsp3) is 0. The van der Waals surface area contributed by atoms with Gasteiger partial charge in [0.1, 0.15) is 16.5 Å². The summed E-state index contributed by atoms with van der Waals surface area (Å²) in [6, 6.07) is 6.91. The molecule has 3 nitrogen and oxygen atoms in total. The first-order chi connectivity index (χ1) is 9.29. The minimum Gasteiger partial charge on any atom is -0.279 e. The lowest BCUT2D eigenvalue weighted by Crippen LogP contribution is -2.14. The molecular formula is C12H7BrClF2NO2S. The fourth-order valence-corrected chi connectivity index (χ4v) is 3.02. The van der Waals surface area contributed by atoms with Crippen molar-refractivity contribution in [2.45, 2.75) is 4.90 Å². The zero-order valence-corrected chi connectivity index (χ0v) is 12.9. The Morgan fingerprint density at radius 1 is 1.05 bits per heavy atom. The SMILES string of the molecule is O=S(=O)(Nc1ccc(Cl)c(F)c1)c1ccc(Br)cc1F. The molecule has 0 unspecified atom stereocenters. The van der Waals surface area contributed by atoms with Crippen LogP contribution in [0.25, 0.3) is 0 Å². The molecule has 0 saturated carbocycles. The van der Waals surface area contributed by atoms with Gasteiger partial charge in [0.15, 0.2) is 0 Å². The molecule has 0 heterocycles. The summed E-state index contributed by atoms with van der Waals surface area (Å²) in [5.74, 6) is -1.69. The number of benzene rings is 2. The van der Waals surface area contributed by atoms with Gasteiger partial charge in [-0.25, -0.2) is 17.2 Å². The summed E-state index contributed by atoms with van der Waals surface area (Å²) in [4.78, 5) is -0.531. The Morgan fingerprint density at radius 3 is 2.35 bits per heavy atom. The van der Waals surface area contributed by atoms with Crippen LogP contribution < -0.4 is 4.72 Å². The number of hydrogen-bond donors (Lipinski definition) is 1. The van der Waals surface area contributed by atoms with Crippen LogP contribution in [-0.2, 0) is 10.0 Å². The highest BCUT2D eigenvalue weighted by molar-refractivity contribution is 9.10. The van der Waals surface area contributed by atoms with Gasteiger partial charge >= 0.3 is 0 Å². The molecule has 20 heavy (non-hydrogen) atoms. The Morgan fingerprint density at radius 2 is 1.75 bits per heavy atom. The van der Waals surface area contributed by atoms with Crippen LogP contribution in [0.3, 0.4) is 0 Å². The van der Waals surface area contributed by atoms with E-state index in [2.05, 4.69) is 20.7 Å². The largest absolute Gasteiger partial charge is 0.279 e. The Hall–Kier alpha value is -1.18. The van der Waals surface area contributed by atoms with Crippen molar-refractivity contribution in [3.63, 3.8) is 0 Å². The van der Waals surface area contributed by atoms with E-state index in [0.717, 1.165) is 18.2 Å². The van der Waals surface area contributed by atoms with Crippen molar-refractivity contribution in [2.75, 3.05) is 4.72 Å². The Labute approximate surface area is 127 Å². The quantitative estimate of drug-likeness (QED) is 0.865. The van der Waals surface area contributed by atoms with Crippen molar-refractivity contribution >= 4 is 43.2 Å². The van der Waals surface area contributed by atoms with E-state index in [1.54, 1.807) is 0 Å². The predicted octanol–water partition coefficient (Wildman–Crippen LogP) is 4.18. The molecule has 0 spiro atoms. The summed E-state index contributed by atoms with van der Waals surface area (Å²) in [6.45, 7) is 0. The van der Waals surface area contributed by atoms with Crippen LogP contribution in [0.15, 0.2) is 45.8 Å². The van der Waals surface area contributed by atoms with Gasteiger partial charge in [0.05, 0.1) is 10.7 Å². The van der Waals surface area contributed by atoms with E-state index in [9.17, 15) is 17.2 Å². The molecule has 0 amide bonds. The third kappa shape index (κ3) is 3.28. The van der Waals surface area contributed by atoms with Crippen molar-refractivity contribution in [1.29, 1.82) is 0 Å². The van der Waals surface area contributed by atoms with Crippen molar-refractivity contribution in [3.8, 4) is 0 Å². The molecule has 0 radical (unpaired) electrons. The lowest BCUT2D eigenvalue weighted by Gasteiger charge is -2.09. The van der Waals surface area contributed by atoms with Crippen LogP contribution in [0.1, 0.15) is 0 Å². The second-order valence-corrected chi connectivity index (χ2v) is 6.78. The molecule has 0 atom stereocenters. The van der Waals surface area contributed by atoms with Gasteiger partial charge in [-0.3, -0.25) is 4.72 Å². The molecule has 8 heteroatoms. The third-order valence-electron chi connectivity index (χ3n) is 2.36.